The lowest BCUT2D eigenvalue weighted by Gasteiger charge is -2.29. The number of aromatic nitrogens is 2. The van der Waals surface area contributed by atoms with Gasteiger partial charge in [0.25, 0.3) is 5.56 Å². The lowest BCUT2D eigenvalue weighted by molar-refractivity contribution is 0.578. The molecule has 0 amide bonds. The van der Waals surface area contributed by atoms with Crippen molar-refractivity contribution in [3.8, 4) is 17.3 Å². The number of anilines is 2. The fourth-order valence-electron chi connectivity index (χ4n) is 3.57. The molecule has 1 aromatic heterocycles. The Hall–Kier alpha value is -3.63. The van der Waals surface area contributed by atoms with Gasteiger partial charge in [-0.05, 0) is 37.5 Å². The predicted octanol–water partition coefficient (Wildman–Crippen LogP) is 4.40. The monoisotopic (exact) mass is 432 g/mol. The molecule has 2 aromatic carbocycles. The van der Waals surface area contributed by atoms with Crippen molar-refractivity contribution in [2.75, 3.05) is 23.4 Å². The average Bonchev–Trinajstić information content (AvgIpc) is 2.81. The summed E-state index contributed by atoms with van der Waals surface area (Å²) in [5.74, 6) is 0.139. The molecule has 0 spiro atoms. The van der Waals surface area contributed by atoms with E-state index in [1.54, 1.807) is 18.3 Å². The number of rotatable bonds is 5. The van der Waals surface area contributed by atoms with Gasteiger partial charge in [0.15, 0.2) is 0 Å². The molecular weight excluding hydrogens is 412 g/mol. The van der Waals surface area contributed by atoms with Crippen LogP contribution in [0.3, 0.4) is 0 Å². The molecule has 0 saturated carbocycles. The quantitative estimate of drug-likeness (QED) is 0.460. The number of hydrogen-bond donors (Lipinski definition) is 2. The van der Waals surface area contributed by atoms with Gasteiger partial charge in [-0.25, -0.2) is 10.4 Å². The van der Waals surface area contributed by atoms with Crippen LogP contribution in [-0.2, 0) is 0 Å². The van der Waals surface area contributed by atoms with E-state index in [0.717, 1.165) is 24.3 Å². The maximum atomic E-state index is 12.3. The van der Waals surface area contributed by atoms with Gasteiger partial charge in [0.2, 0.25) is 5.95 Å². The molecule has 0 bridgehead atoms. The van der Waals surface area contributed by atoms with E-state index < -0.39 is 5.56 Å². The minimum absolute atomic E-state index is 0.0444. The van der Waals surface area contributed by atoms with Crippen molar-refractivity contribution < 1.29 is 0 Å². The third kappa shape index (κ3) is 4.76. The van der Waals surface area contributed by atoms with Crippen molar-refractivity contribution in [1.82, 2.24) is 9.97 Å². The molecule has 156 valence electrons. The summed E-state index contributed by atoms with van der Waals surface area (Å²) < 4.78 is 0. The Labute approximate surface area is 185 Å². The highest BCUT2D eigenvalue weighted by Gasteiger charge is 2.14. The number of halogens is 1. The van der Waals surface area contributed by atoms with Gasteiger partial charge in [-0.15, -0.1) is 0 Å². The second-order valence-corrected chi connectivity index (χ2v) is 7.65. The van der Waals surface area contributed by atoms with Crippen LogP contribution in [0.4, 0.5) is 11.6 Å². The Morgan fingerprint density at radius 1 is 1.16 bits per heavy atom. The number of nitrogens with one attached hydrogen (secondary N) is 2. The summed E-state index contributed by atoms with van der Waals surface area (Å²) in [4.78, 5) is 21.5. The van der Waals surface area contributed by atoms with Crippen LogP contribution in [0.1, 0.15) is 30.4 Å². The highest BCUT2D eigenvalue weighted by molar-refractivity contribution is 6.33. The molecule has 0 radical (unpaired) electrons. The SMILES string of the molecule is N#Cc1c(-c2ccccc2)nc(NN=Cc2ccc(N3CCCCC3)cc2Cl)[nH]c1=O. The number of nitrogens with zero attached hydrogens (tertiary/aromatic N) is 4. The van der Waals surface area contributed by atoms with Crippen LogP contribution in [0.15, 0.2) is 58.4 Å². The van der Waals surface area contributed by atoms with Crippen LogP contribution in [-0.4, -0.2) is 29.3 Å². The zero-order chi connectivity index (χ0) is 21.6. The zero-order valence-electron chi connectivity index (χ0n) is 16.8. The van der Waals surface area contributed by atoms with Crippen molar-refractivity contribution in [2.24, 2.45) is 5.10 Å². The first kappa shape index (κ1) is 20.6. The van der Waals surface area contributed by atoms with Crippen LogP contribution in [0, 0.1) is 11.3 Å². The standard InChI is InChI=1S/C23H21ClN6O/c24-20-13-18(30-11-5-2-6-12-30)10-9-17(20)15-26-29-23-27-21(16-7-3-1-4-8-16)19(14-25)22(31)28-23/h1,3-4,7-10,13,15H,2,5-6,11-12H2,(H2,27,28,29,31). The van der Waals surface area contributed by atoms with Crippen molar-refractivity contribution in [1.29, 1.82) is 5.26 Å². The highest BCUT2D eigenvalue weighted by Crippen LogP contribution is 2.25. The number of hydrazone groups is 1. The normalized spacial score (nSPS) is 13.9. The summed E-state index contributed by atoms with van der Waals surface area (Å²) in [6.07, 6.45) is 5.25. The maximum Gasteiger partial charge on any atom is 0.270 e. The van der Waals surface area contributed by atoms with Gasteiger partial charge in [0.05, 0.1) is 16.9 Å². The number of piperidine rings is 1. The Morgan fingerprint density at radius 3 is 2.65 bits per heavy atom. The van der Waals surface area contributed by atoms with Crippen LogP contribution in [0.5, 0.6) is 0 Å². The molecule has 4 rings (SSSR count). The van der Waals surface area contributed by atoms with E-state index >= 15 is 0 Å². The smallest absolute Gasteiger partial charge is 0.270 e. The number of aromatic amines is 1. The van der Waals surface area contributed by atoms with Crippen LogP contribution >= 0.6 is 11.6 Å². The topological polar surface area (TPSA) is 97.2 Å². The molecular formula is C23H21ClN6O. The summed E-state index contributed by atoms with van der Waals surface area (Å²) >= 11 is 6.45. The van der Waals surface area contributed by atoms with E-state index in [1.807, 2.05) is 42.5 Å². The van der Waals surface area contributed by atoms with Gasteiger partial charge in [-0.1, -0.05) is 41.9 Å². The molecule has 0 atom stereocenters. The number of nitriles is 1. The average molecular weight is 433 g/mol. The summed E-state index contributed by atoms with van der Waals surface area (Å²) in [5.41, 5.74) is 4.98. The molecule has 7 nitrogen and oxygen atoms in total. The van der Waals surface area contributed by atoms with E-state index in [2.05, 4.69) is 25.4 Å². The molecule has 1 fully saturated rings. The van der Waals surface area contributed by atoms with Crippen molar-refractivity contribution >= 4 is 29.5 Å². The van der Waals surface area contributed by atoms with E-state index in [0.29, 0.717) is 16.3 Å². The van der Waals surface area contributed by atoms with Crippen molar-refractivity contribution in [2.45, 2.75) is 19.3 Å². The first-order chi connectivity index (χ1) is 15.2. The zero-order valence-corrected chi connectivity index (χ0v) is 17.6. The molecule has 3 aromatic rings. The van der Waals surface area contributed by atoms with Gasteiger partial charge in [0.1, 0.15) is 11.6 Å². The van der Waals surface area contributed by atoms with Crippen molar-refractivity contribution in [3.05, 3.63) is 75.0 Å². The number of hydrogen-bond acceptors (Lipinski definition) is 6. The van der Waals surface area contributed by atoms with Crippen LogP contribution in [0.2, 0.25) is 5.02 Å². The first-order valence-electron chi connectivity index (χ1n) is 10.1. The molecule has 8 heteroatoms. The third-order valence-corrected chi connectivity index (χ3v) is 5.49. The molecule has 1 aliphatic rings. The van der Waals surface area contributed by atoms with Crippen LogP contribution < -0.4 is 15.9 Å². The fraction of sp³-hybridized carbons (Fsp3) is 0.217. The molecule has 2 heterocycles. The Balaban J connectivity index is 1.53. The largest absolute Gasteiger partial charge is 0.371 e. The Kier molecular flexibility index (Phi) is 6.29. The fourth-order valence-corrected chi connectivity index (χ4v) is 3.79. The summed E-state index contributed by atoms with van der Waals surface area (Å²) in [5, 5.41) is 14.1. The Bertz CT molecular complexity index is 1190. The minimum atomic E-state index is -0.530. The molecule has 2 N–H and O–H groups in total. The Morgan fingerprint density at radius 2 is 1.94 bits per heavy atom. The van der Waals surface area contributed by atoms with Gasteiger partial charge in [0, 0.05) is 29.9 Å². The van der Waals surface area contributed by atoms with Crippen LogP contribution in [0.25, 0.3) is 11.3 Å². The summed E-state index contributed by atoms with van der Waals surface area (Å²) in [6.45, 7) is 2.10. The molecule has 0 aliphatic carbocycles. The molecule has 0 unspecified atom stereocenters. The van der Waals surface area contributed by atoms with E-state index in [4.69, 9.17) is 11.6 Å². The van der Waals surface area contributed by atoms with Gasteiger partial charge in [-0.2, -0.15) is 10.4 Å². The minimum Gasteiger partial charge on any atom is -0.371 e. The summed E-state index contributed by atoms with van der Waals surface area (Å²) in [6, 6.07) is 16.9. The molecule has 1 saturated heterocycles. The van der Waals surface area contributed by atoms with E-state index in [-0.39, 0.29) is 11.5 Å². The lowest BCUT2D eigenvalue weighted by Crippen LogP contribution is -2.29. The van der Waals surface area contributed by atoms with Gasteiger partial charge >= 0.3 is 0 Å². The summed E-state index contributed by atoms with van der Waals surface area (Å²) in [7, 11) is 0. The predicted molar refractivity (Wildman–Crippen MR) is 124 cm³/mol. The maximum absolute atomic E-state index is 12.3. The van der Waals surface area contributed by atoms with Gasteiger partial charge in [-0.3, -0.25) is 9.78 Å². The second-order valence-electron chi connectivity index (χ2n) is 7.24. The molecule has 31 heavy (non-hydrogen) atoms. The molecule has 1 aliphatic heterocycles. The third-order valence-electron chi connectivity index (χ3n) is 5.16. The first-order valence-corrected chi connectivity index (χ1v) is 10.5. The van der Waals surface area contributed by atoms with Crippen molar-refractivity contribution in [3.63, 3.8) is 0 Å². The number of H-pyrrole nitrogens is 1. The van der Waals surface area contributed by atoms with E-state index in [1.165, 1.54) is 19.3 Å². The van der Waals surface area contributed by atoms with E-state index in [9.17, 15) is 10.1 Å². The lowest BCUT2D eigenvalue weighted by atomic mass is 10.1. The second kappa shape index (κ2) is 9.45. The number of benzene rings is 2. The van der Waals surface area contributed by atoms with Gasteiger partial charge < -0.3 is 4.90 Å². The highest BCUT2D eigenvalue weighted by atomic mass is 35.5.